The summed E-state index contributed by atoms with van der Waals surface area (Å²) in [5.41, 5.74) is 1.88. The van der Waals surface area contributed by atoms with E-state index < -0.39 is 21.8 Å². The Balaban J connectivity index is 1.14. The predicted octanol–water partition coefficient (Wildman–Crippen LogP) is 7.04. The molecule has 0 spiro atoms. The van der Waals surface area contributed by atoms with E-state index in [9.17, 15) is 26.9 Å². The van der Waals surface area contributed by atoms with Crippen molar-refractivity contribution in [2.45, 2.75) is 30.1 Å². The molecular weight excluding hydrogens is 826 g/mol. The molecule has 5 aromatic rings. The molecule has 0 saturated carbocycles. The first kappa shape index (κ1) is 44.5. The minimum Gasteiger partial charge on any atom is -0.455 e. The molecule has 2 aromatic heterocycles. The second kappa shape index (κ2) is 21.5. The number of nitriles is 1. The van der Waals surface area contributed by atoms with Crippen molar-refractivity contribution < 1.29 is 50.0 Å². The topological polar surface area (TPSA) is 167 Å². The molecule has 1 aliphatic heterocycles. The molecule has 1 fully saturated rings. The van der Waals surface area contributed by atoms with Gasteiger partial charge in [-0.2, -0.15) is 22.8 Å². The fourth-order valence-electron chi connectivity index (χ4n) is 6.26. The highest BCUT2D eigenvalue weighted by Crippen LogP contribution is 2.40. The van der Waals surface area contributed by atoms with Gasteiger partial charge in [0.1, 0.15) is 23.9 Å². The highest BCUT2D eigenvalue weighted by molar-refractivity contribution is 7.93. The third kappa shape index (κ3) is 12.7. The zero-order valence-corrected chi connectivity index (χ0v) is 34.2. The van der Waals surface area contributed by atoms with E-state index in [1.54, 1.807) is 43.6 Å². The number of pyridine rings is 1. The quantitative estimate of drug-likeness (QED) is 0.0705. The Labute approximate surface area is 350 Å². The summed E-state index contributed by atoms with van der Waals surface area (Å²) >= 11 is 0.856. The van der Waals surface area contributed by atoms with Crippen LogP contribution in [0.15, 0.2) is 90.2 Å². The van der Waals surface area contributed by atoms with Crippen LogP contribution in [0.4, 0.5) is 18.3 Å². The van der Waals surface area contributed by atoms with Crippen molar-refractivity contribution in [2.75, 3.05) is 77.8 Å². The summed E-state index contributed by atoms with van der Waals surface area (Å²) in [6, 6.07) is 19.5. The number of nitrogens with zero attached hydrogens (tertiary/aromatic N) is 5. The van der Waals surface area contributed by atoms with E-state index in [-0.39, 0.29) is 33.2 Å². The number of ether oxygens (including phenoxy) is 6. The second-order valence-corrected chi connectivity index (χ2v) is 15.9. The van der Waals surface area contributed by atoms with Gasteiger partial charge in [-0.05, 0) is 77.7 Å². The lowest BCUT2D eigenvalue weighted by molar-refractivity contribution is -0.137. The molecule has 0 bridgehead atoms. The first-order valence-electron chi connectivity index (χ1n) is 18.9. The number of likely N-dealkylation sites (tertiary alicyclic amines) is 1. The average Bonchev–Trinajstić information content (AvgIpc) is 3.93. The molecule has 1 saturated heterocycles. The van der Waals surface area contributed by atoms with Gasteiger partial charge < -0.3 is 28.4 Å². The van der Waals surface area contributed by atoms with Gasteiger partial charge in [0, 0.05) is 50.0 Å². The molecule has 14 nitrogen and oxygen atoms in total. The molecule has 318 valence electrons. The summed E-state index contributed by atoms with van der Waals surface area (Å²) in [5.74, 6) is 0.341. The lowest BCUT2D eigenvalue weighted by atomic mass is 9.97. The Bertz CT molecular complexity index is 2310. The molecule has 0 radical (unpaired) electrons. The van der Waals surface area contributed by atoms with Gasteiger partial charge in [-0.25, -0.2) is 13.4 Å². The Kier molecular flexibility index (Phi) is 15.9. The van der Waals surface area contributed by atoms with Gasteiger partial charge in [-0.15, -0.1) is 0 Å². The fraction of sp³-hybridized carbons (Fsp3) is 0.366. The Morgan fingerprint density at radius 2 is 1.60 bits per heavy atom. The number of alkyl halides is 3. The van der Waals surface area contributed by atoms with Gasteiger partial charge >= 0.3 is 6.18 Å². The molecule has 6 rings (SSSR count). The second-order valence-electron chi connectivity index (χ2n) is 13.4. The van der Waals surface area contributed by atoms with Crippen LogP contribution in [0.3, 0.4) is 0 Å². The van der Waals surface area contributed by atoms with Crippen LogP contribution < -0.4 is 9.46 Å². The molecule has 0 amide bonds. The summed E-state index contributed by atoms with van der Waals surface area (Å²) in [6.07, 6.45) is -0.815. The zero-order chi connectivity index (χ0) is 42.4. The summed E-state index contributed by atoms with van der Waals surface area (Å²) in [7, 11) is -2.48. The monoisotopic (exact) mass is 868 g/mol. The number of rotatable bonds is 22. The molecule has 0 unspecified atom stereocenters. The molecule has 0 aliphatic carbocycles. The van der Waals surface area contributed by atoms with Crippen LogP contribution in [0.25, 0.3) is 22.3 Å². The molecule has 19 heteroatoms. The lowest BCUT2D eigenvalue weighted by Gasteiger charge is -2.18. The summed E-state index contributed by atoms with van der Waals surface area (Å²) in [4.78, 5) is 10.5. The predicted molar refractivity (Wildman–Crippen MR) is 216 cm³/mol. The van der Waals surface area contributed by atoms with Crippen molar-refractivity contribution in [2.24, 2.45) is 0 Å². The molecular formula is C41H43F3N6O8S2. The van der Waals surface area contributed by atoms with Crippen molar-refractivity contribution in [3.05, 3.63) is 102 Å². The van der Waals surface area contributed by atoms with Crippen molar-refractivity contribution in [3.8, 4) is 39.8 Å². The van der Waals surface area contributed by atoms with Crippen LogP contribution in [0, 0.1) is 11.3 Å². The number of nitrogens with one attached hydrogen (secondary N) is 1. The van der Waals surface area contributed by atoms with E-state index >= 15 is 0 Å². The first-order valence-corrected chi connectivity index (χ1v) is 21.1. The van der Waals surface area contributed by atoms with Gasteiger partial charge in [-0.1, -0.05) is 18.2 Å². The van der Waals surface area contributed by atoms with Crippen molar-refractivity contribution in [1.82, 2.24) is 19.2 Å². The highest BCUT2D eigenvalue weighted by atomic mass is 32.2. The van der Waals surface area contributed by atoms with E-state index in [4.69, 9.17) is 28.4 Å². The van der Waals surface area contributed by atoms with Crippen LogP contribution in [-0.4, -0.2) is 107 Å². The van der Waals surface area contributed by atoms with E-state index in [2.05, 4.69) is 24.0 Å². The van der Waals surface area contributed by atoms with Crippen LogP contribution in [0.2, 0.25) is 0 Å². The first-order chi connectivity index (χ1) is 29.0. The minimum atomic E-state index is -4.54. The third-order valence-corrected chi connectivity index (χ3v) is 11.2. The van der Waals surface area contributed by atoms with E-state index in [1.807, 2.05) is 12.1 Å². The van der Waals surface area contributed by atoms with Gasteiger partial charge in [0.15, 0.2) is 0 Å². The molecule has 60 heavy (non-hydrogen) atoms. The van der Waals surface area contributed by atoms with Crippen molar-refractivity contribution >= 4 is 26.7 Å². The van der Waals surface area contributed by atoms with Gasteiger partial charge in [-0.3, -0.25) is 14.6 Å². The van der Waals surface area contributed by atoms with E-state index in [1.165, 1.54) is 30.6 Å². The molecule has 1 atom stereocenters. The van der Waals surface area contributed by atoms with Crippen LogP contribution >= 0.6 is 11.5 Å². The number of aromatic nitrogens is 3. The van der Waals surface area contributed by atoms with Crippen LogP contribution in [0.1, 0.15) is 23.2 Å². The lowest BCUT2D eigenvalue weighted by Crippen LogP contribution is -2.24. The largest absolute Gasteiger partial charge is 0.455 e. The maximum atomic E-state index is 13.7. The van der Waals surface area contributed by atoms with Crippen molar-refractivity contribution in [1.29, 1.82) is 5.26 Å². The molecule has 3 heterocycles. The standard InChI is InChI=1S/C41H43F3N6O8S2/c1-53-13-14-54-15-16-55-17-18-56-19-20-57-35-10-12-50(27-35)26-34-22-31(9-11-46-34)37-24-30(29-3-2-4-33(21-29)41(42,43)44)5-7-39(37)58-38-8-6-36(23-32(38)25-45)60(51,52)49-40-47-28-48-59-40/h2-9,11,21-24,28,35H,10,12-20,26-27H2,1H3,(H,47,48,49)/t35-/m0/s1. The number of halogens is 3. The summed E-state index contributed by atoms with van der Waals surface area (Å²) in [6.45, 7) is 5.87. The van der Waals surface area contributed by atoms with Gasteiger partial charge in [0.2, 0.25) is 5.13 Å². The Morgan fingerprint density at radius 3 is 2.32 bits per heavy atom. The van der Waals surface area contributed by atoms with Crippen molar-refractivity contribution in [3.63, 3.8) is 0 Å². The zero-order valence-electron chi connectivity index (χ0n) is 32.6. The Morgan fingerprint density at radius 1 is 0.867 bits per heavy atom. The molecule has 1 aliphatic rings. The van der Waals surface area contributed by atoms with Crippen LogP contribution in [-0.2, 0) is 46.4 Å². The maximum Gasteiger partial charge on any atom is 0.416 e. The van der Waals surface area contributed by atoms with Gasteiger partial charge in [0.25, 0.3) is 10.0 Å². The maximum absolute atomic E-state index is 13.7. The summed E-state index contributed by atoms with van der Waals surface area (Å²) in [5, 5.41) is 10.1. The Hall–Kier alpha value is -5.04. The number of benzene rings is 3. The number of sulfonamides is 1. The SMILES string of the molecule is COCCOCCOCCOCCO[C@H]1CCN(Cc2cc(-c3cc(-c4cccc(C(F)(F)F)c4)ccc3Oc3ccc(S(=O)(=O)Nc4ncns4)cc3C#N)ccn2)C1. The number of anilines is 1. The summed E-state index contributed by atoms with van der Waals surface area (Å²) < 4.78 is 107. The van der Waals surface area contributed by atoms with E-state index in [0.717, 1.165) is 42.3 Å². The number of hydrogen-bond acceptors (Lipinski definition) is 14. The van der Waals surface area contributed by atoms with Crippen LogP contribution in [0.5, 0.6) is 11.5 Å². The number of methoxy groups -OCH3 is 1. The molecule has 1 N–H and O–H groups in total. The highest BCUT2D eigenvalue weighted by Gasteiger charge is 2.30. The smallest absolute Gasteiger partial charge is 0.416 e. The minimum absolute atomic E-state index is 0.0253. The molecule has 3 aromatic carbocycles. The normalized spacial score (nSPS) is 14.6. The van der Waals surface area contributed by atoms with Gasteiger partial charge in [0.05, 0.1) is 80.7 Å². The third-order valence-electron chi connectivity index (χ3n) is 9.19. The average molecular weight is 869 g/mol. The fourth-order valence-corrected chi connectivity index (χ4v) is 7.95. The number of hydrogen-bond donors (Lipinski definition) is 1. The van der Waals surface area contributed by atoms with E-state index in [0.29, 0.717) is 88.2 Å².